The van der Waals surface area contributed by atoms with Crippen LogP contribution in [0.5, 0.6) is 11.5 Å². The smallest absolute Gasteiger partial charge is 0.187 e. The van der Waals surface area contributed by atoms with E-state index in [-0.39, 0.29) is 5.78 Å². The molecule has 0 radical (unpaired) electrons. The zero-order chi connectivity index (χ0) is 21.2. The van der Waals surface area contributed by atoms with Gasteiger partial charge in [-0.05, 0) is 66.4 Å². The minimum Gasteiger partial charge on any atom is -0.494 e. The lowest BCUT2D eigenvalue weighted by Crippen LogP contribution is -2.03. The zero-order valence-electron chi connectivity index (χ0n) is 16.7. The first-order valence-electron chi connectivity index (χ1n) is 9.80. The third-order valence-electron chi connectivity index (χ3n) is 4.58. The molecule has 0 spiro atoms. The summed E-state index contributed by atoms with van der Waals surface area (Å²) in [6.45, 7) is 11.7. The fraction of sp³-hybridized carbons (Fsp3) is 0.154. The molecular formula is C26H23NO3. The van der Waals surface area contributed by atoms with E-state index in [0.717, 1.165) is 35.5 Å². The molecule has 4 heteroatoms. The molecule has 0 aliphatic rings. The lowest BCUT2D eigenvalue weighted by Gasteiger charge is -2.09. The van der Waals surface area contributed by atoms with Gasteiger partial charge in [0.05, 0.1) is 19.8 Å². The molecule has 0 bridgehead atoms. The summed E-state index contributed by atoms with van der Waals surface area (Å²) in [5.74, 6) is 1.49. The van der Waals surface area contributed by atoms with E-state index in [0.29, 0.717) is 24.5 Å². The van der Waals surface area contributed by atoms with Gasteiger partial charge in [-0.3, -0.25) is 4.79 Å². The summed E-state index contributed by atoms with van der Waals surface area (Å²) >= 11 is 0. The molecule has 0 amide bonds. The second kappa shape index (κ2) is 10.6. The zero-order valence-corrected chi connectivity index (χ0v) is 16.7. The van der Waals surface area contributed by atoms with Crippen molar-refractivity contribution >= 4 is 11.5 Å². The molecule has 0 saturated heterocycles. The molecule has 3 rings (SSSR count). The predicted molar refractivity (Wildman–Crippen MR) is 119 cm³/mol. The largest absolute Gasteiger partial charge is 0.494 e. The van der Waals surface area contributed by atoms with E-state index in [4.69, 9.17) is 16.0 Å². The second-order valence-corrected chi connectivity index (χ2v) is 6.68. The van der Waals surface area contributed by atoms with Crippen molar-refractivity contribution in [2.45, 2.75) is 12.8 Å². The van der Waals surface area contributed by atoms with Crippen molar-refractivity contribution in [1.82, 2.24) is 0 Å². The Morgan fingerprint density at radius 1 is 0.800 bits per heavy atom. The van der Waals surface area contributed by atoms with E-state index >= 15 is 0 Å². The summed E-state index contributed by atoms with van der Waals surface area (Å²) in [5.41, 5.74) is 3.42. The Morgan fingerprint density at radius 3 is 1.73 bits per heavy atom. The number of ketones is 1. The molecule has 30 heavy (non-hydrogen) atoms. The van der Waals surface area contributed by atoms with Gasteiger partial charge in [0.25, 0.3) is 0 Å². The third-order valence-corrected chi connectivity index (χ3v) is 4.58. The molecule has 150 valence electrons. The van der Waals surface area contributed by atoms with E-state index in [2.05, 4.69) is 11.4 Å². The Bertz CT molecular complexity index is 1010. The molecule has 0 aliphatic heterocycles. The van der Waals surface area contributed by atoms with Crippen molar-refractivity contribution in [2.24, 2.45) is 0 Å². The van der Waals surface area contributed by atoms with Crippen LogP contribution in [0.3, 0.4) is 0 Å². The predicted octanol–water partition coefficient (Wildman–Crippen LogP) is 6.51. The van der Waals surface area contributed by atoms with Gasteiger partial charge in [0.2, 0.25) is 0 Å². The summed E-state index contributed by atoms with van der Waals surface area (Å²) in [5, 5.41) is 0. The van der Waals surface area contributed by atoms with Crippen LogP contribution in [0.1, 0.15) is 23.2 Å². The van der Waals surface area contributed by atoms with Gasteiger partial charge in [-0.2, -0.15) is 0 Å². The fourth-order valence-electron chi connectivity index (χ4n) is 2.89. The molecule has 0 N–H and O–H groups in total. The van der Waals surface area contributed by atoms with E-state index in [1.165, 1.54) is 6.08 Å². The van der Waals surface area contributed by atoms with Gasteiger partial charge in [-0.15, -0.1) is 0 Å². The molecule has 3 aromatic rings. The highest BCUT2D eigenvalue weighted by Gasteiger charge is 2.02. The van der Waals surface area contributed by atoms with Crippen molar-refractivity contribution in [3.05, 3.63) is 102 Å². The Hall–Kier alpha value is -3.84. The Labute approximate surface area is 177 Å². The number of benzene rings is 3. The van der Waals surface area contributed by atoms with Gasteiger partial charge in [0.1, 0.15) is 11.5 Å². The number of ether oxygens (including phenoxy) is 2. The molecule has 0 fully saturated rings. The molecule has 0 heterocycles. The van der Waals surface area contributed by atoms with Crippen molar-refractivity contribution in [3.8, 4) is 22.6 Å². The average Bonchev–Trinajstić information content (AvgIpc) is 2.81. The molecule has 4 nitrogen and oxygen atoms in total. The quantitative estimate of drug-likeness (QED) is 0.169. The summed E-state index contributed by atoms with van der Waals surface area (Å²) < 4.78 is 11.5. The molecule has 0 saturated carbocycles. The van der Waals surface area contributed by atoms with Crippen LogP contribution in [-0.2, 0) is 0 Å². The van der Waals surface area contributed by atoms with Gasteiger partial charge < -0.3 is 9.47 Å². The first-order valence-corrected chi connectivity index (χ1v) is 9.80. The Kier molecular flexibility index (Phi) is 7.40. The highest BCUT2D eigenvalue weighted by Crippen LogP contribution is 2.25. The van der Waals surface area contributed by atoms with Crippen molar-refractivity contribution in [2.75, 3.05) is 13.2 Å². The van der Waals surface area contributed by atoms with Crippen molar-refractivity contribution in [3.63, 3.8) is 0 Å². The van der Waals surface area contributed by atoms with Crippen LogP contribution in [0.2, 0.25) is 0 Å². The van der Waals surface area contributed by atoms with Crippen LogP contribution in [0.25, 0.3) is 16.0 Å². The average molecular weight is 397 g/mol. The summed E-state index contributed by atoms with van der Waals surface area (Å²) in [6, 6.07) is 22.6. The van der Waals surface area contributed by atoms with Crippen LogP contribution in [0, 0.1) is 6.57 Å². The first kappa shape index (κ1) is 20.9. The number of nitrogens with zero attached hydrogens (tertiary/aromatic N) is 1. The van der Waals surface area contributed by atoms with Crippen molar-refractivity contribution < 1.29 is 14.3 Å². The van der Waals surface area contributed by atoms with Crippen LogP contribution in [-0.4, -0.2) is 19.0 Å². The molecule has 0 aromatic heterocycles. The number of rotatable bonds is 10. The van der Waals surface area contributed by atoms with Gasteiger partial charge in [0.15, 0.2) is 11.5 Å². The summed E-state index contributed by atoms with van der Waals surface area (Å²) in [7, 11) is 0. The summed E-state index contributed by atoms with van der Waals surface area (Å²) in [6.07, 6.45) is 3.06. The number of hydrogen-bond acceptors (Lipinski definition) is 3. The topological polar surface area (TPSA) is 39.9 Å². The van der Waals surface area contributed by atoms with Gasteiger partial charge in [-0.25, -0.2) is 4.85 Å². The molecule has 3 aromatic carbocycles. The minimum atomic E-state index is -0.0928. The number of unbranched alkanes of at least 4 members (excludes halogenated alkanes) is 1. The van der Waals surface area contributed by atoms with E-state index in [1.54, 1.807) is 24.3 Å². The van der Waals surface area contributed by atoms with Crippen LogP contribution in [0.4, 0.5) is 5.69 Å². The van der Waals surface area contributed by atoms with Crippen molar-refractivity contribution in [1.29, 1.82) is 0 Å². The SMILES string of the molecule is [C-]#[N+]c1ccc(-c2ccc(OCCCCOc3ccc(C(=O)C=C)cc3)cc2)cc1. The minimum absolute atomic E-state index is 0.0928. The number of carbonyl (C=O) groups is 1. The van der Waals surface area contributed by atoms with E-state index in [9.17, 15) is 4.79 Å². The highest BCUT2D eigenvalue weighted by molar-refractivity contribution is 6.04. The lowest BCUT2D eigenvalue weighted by molar-refractivity contribution is 0.104. The second-order valence-electron chi connectivity index (χ2n) is 6.68. The van der Waals surface area contributed by atoms with E-state index < -0.39 is 0 Å². The van der Waals surface area contributed by atoms with E-state index in [1.807, 2.05) is 48.5 Å². The molecule has 0 atom stereocenters. The molecular weight excluding hydrogens is 374 g/mol. The lowest BCUT2D eigenvalue weighted by atomic mass is 10.1. The monoisotopic (exact) mass is 397 g/mol. The normalized spacial score (nSPS) is 10.1. The number of carbonyl (C=O) groups excluding carboxylic acids is 1. The fourth-order valence-corrected chi connectivity index (χ4v) is 2.89. The number of allylic oxidation sites excluding steroid dienone is 1. The first-order chi connectivity index (χ1) is 14.7. The Morgan fingerprint density at radius 2 is 1.27 bits per heavy atom. The molecule has 0 unspecified atom stereocenters. The highest BCUT2D eigenvalue weighted by atomic mass is 16.5. The van der Waals surface area contributed by atoms with Crippen LogP contribution in [0.15, 0.2) is 85.5 Å². The van der Waals surface area contributed by atoms with Crippen LogP contribution < -0.4 is 9.47 Å². The number of hydrogen-bond donors (Lipinski definition) is 0. The maximum absolute atomic E-state index is 11.5. The Balaban J connectivity index is 1.37. The standard InChI is InChI=1S/C26H23NO3/c1-3-26(28)22-10-16-25(17-11-22)30-19-5-4-18-29-24-14-8-21(9-15-24)20-6-12-23(27-2)13-7-20/h3,6-17H,1,4-5,18-19H2. The maximum Gasteiger partial charge on any atom is 0.187 e. The van der Waals surface area contributed by atoms with Crippen LogP contribution >= 0.6 is 0 Å². The van der Waals surface area contributed by atoms with Gasteiger partial charge >= 0.3 is 0 Å². The maximum atomic E-state index is 11.5. The van der Waals surface area contributed by atoms with Gasteiger partial charge in [0, 0.05) is 5.56 Å². The third kappa shape index (κ3) is 5.83. The van der Waals surface area contributed by atoms with Gasteiger partial charge in [-0.1, -0.05) is 43.0 Å². The summed E-state index contributed by atoms with van der Waals surface area (Å²) in [4.78, 5) is 14.9. The molecule has 0 aliphatic carbocycles.